The Bertz CT molecular complexity index is 1180. The number of Topliss-reactive ketones (excluding diaryl/α,β-unsaturated/α-hetero) is 1. The fourth-order valence-electron chi connectivity index (χ4n) is 9.72. The summed E-state index contributed by atoms with van der Waals surface area (Å²) < 4.78 is 5.25. The topological polar surface area (TPSA) is 67.2 Å². The molecule has 0 N–H and O–H groups in total. The van der Waals surface area contributed by atoms with Crippen LogP contribution in [0.1, 0.15) is 93.4 Å². The van der Waals surface area contributed by atoms with Crippen molar-refractivity contribution in [2.75, 3.05) is 7.11 Å². The Morgan fingerprint density at radius 1 is 1.03 bits per heavy atom. The maximum atomic E-state index is 13.2. The Kier molecular flexibility index (Phi) is 5.28. The number of allylic oxidation sites excluding steroid dienone is 6. The van der Waals surface area contributed by atoms with E-state index >= 15 is 0 Å². The van der Waals surface area contributed by atoms with Crippen LogP contribution in [0.2, 0.25) is 0 Å². The molecule has 0 spiro atoms. The molecule has 0 aliphatic heterocycles. The van der Waals surface area contributed by atoms with Gasteiger partial charge in [-0.2, -0.15) is 5.26 Å². The number of hydrogen-bond acceptors (Lipinski definition) is 4. The van der Waals surface area contributed by atoms with E-state index in [1.807, 2.05) is 6.08 Å². The standard InChI is InChI=1S/C32H43NO3/c1-27(2)23-11-12-32(7)24(30(23,5)17-20(19-33)25(27)34)10-9-21-22-18-29(4,26(35)36-8)14-13-28(22,3)15-16-31(21,32)6/h9-10,17,23-24H,11-16,18H2,1-8H3/t23-,24+,28+,29-,30-,31+,32+/m0/s1. The molecule has 0 aromatic carbocycles. The minimum Gasteiger partial charge on any atom is -0.469 e. The van der Waals surface area contributed by atoms with Crippen molar-refractivity contribution in [2.45, 2.75) is 93.4 Å². The molecule has 5 aliphatic carbocycles. The van der Waals surface area contributed by atoms with Crippen molar-refractivity contribution in [3.05, 3.63) is 34.9 Å². The van der Waals surface area contributed by atoms with Gasteiger partial charge in [0.05, 0.1) is 18.1 Å². The summed E-state index contributed by atoms with van der Waals surface area (Å²) in [6, 6.07) is 2.24. The maximum Gasteiger partial charge on any atom is 0.311 e. The number of carbonyl (C=O) groups excluding carboxylic acids is 2. The molecule has 2 saturated carbocycles. The van der Waals surface area contributed by atoms with Crippen molar-refractivity contribution >= 4 is 11.8 Å². The number of nitriles is 1. The van der Waals surface area contributed by atoms with E-state index in [-0.39, 0.29) is 45.2 Å². The molecule has 0 aromatic rings. The van der Waals surface area contributed by atoms with E-state index in [4.69, 9.17) is 4.74 Å². The lowest BCUT2D eigenvalue weighted by Gasteiger charge is -2.67. The van der Waals surface area contributed by atoms with Gasteiger partial charge in [0, 0.05) is 5.41 Å². The van der Waals surface area contributed by atoms with Crippen molar-refractivity contribution in [1.29, 1.82) is 5.26 Å². The Hall–Kier alpha value is -2.15. The van der Waals surface area contributed by atoms with Crippen LogP contribution in [0, 0.1) is 55.7 Å². The highest BCUT2D eigenvalue weighted by atomic mass is 16.5. The minimum absolute atomic E-state index is 0.00243. The molecule has 7 atom stereocenters. The van der Waals surface area contributed by atoms with Crippen molar-refractivity contribution in [3.63, 3.8) is 0 Å². The summed E-state index contributed by atoms with van der Waals surface area (Å²) in [4.78, 5) is 26.0. The van der Waals surface area contributed by atoms with Crippen molar-refractivity contribution < 1.29 is 14.3 Å². The second-order valence-corrected chi connectivity index (χ2v) is 14.4. The molecule has 4 heteroatoms. The Morgan fingerprint density at radius 2 is 1.69 bits per heavy atom. The highest BCUT2D eigenvalue weighted by Crippen LogP contribution is 2.73. The van der Waals surface area contributed by atoms with Gasteiger partial charge in [-0.15, -0.1) is 0 Å². The summed E-state index contributed by atoms with van der Waals surface area (Å²) in [6.07, 6.45) is 13.8. The van der Waals surface area contributed by atoms with Crippen LogP contribution in [-0.2, 0) is 14.3 Å². The first-order valence-electron chi connectivity index (χ1n) is 13.8. The number of ketones is 1. The average Bonchev–Trinajstić information content (AvgIpc) is 2.82. The third-order valence-corrected chi connectivity index (χ3v) is 12.4. The summed E-state index contributed by atoms with van der Waals surface area (Å²) in [5.41, 5.74) is 2.10. The minimum atomic E-state index is -0.541. The molecule has 5 aliphatic rings. The molecule has 0 amide bonds. The summed E-state index contributed by atoms with van der Waals surface area (Å²) in [6.45, 7) is 15.8. The molecular formula is C32H43NO3. The first kappa shape index (κ1) is 25.5. The lowest BCUT2D eigenvalue weighted by molar-refractivity contribution is -0.154. The van der Waals surface area contributed by atoms with Crippen LogP contribution in [0.5, 0.6) is 0 Å². The molecule has 0 radical (unpaired) electrons. The number of ether oxygens (including phenoxy) is 1. The largest absolute Gasteiger partial charge is 0.469 e. The second kappa shape index (κ2) is 7.46. The van der Waals surface area contributed by atoms with Crippen LogP contribution >= 0.6 is 0 Å². The van der Waals surface area contributed by atoms with E-state index in [1.165, 1.54) is 18.3 Å². The smallest absolute Gasteiger partial charge is 0.311 e. The van der Waals surface area contributed by atoms with Gasteiger partial charge in [0.25, 0.3) is 0 Å². The SMILES string of the molecule is COC(=O)[C@@]1(C)CC[C@]2(C)CC[C@]3(C)C(=C2C1)C=C[C@@H]1[C@@]2(C)C=C(C#N)C(=O)C(C)(C)[C@@H]2CC[C@]13C. The van der Waals surface area contributed by atoms with Gasteiger partial charge in [-0.25, -0.2) is 0 Å². The molecule has 0 saturated heterocycles. The Balaban J connectivity index is 1.69. The van der Waals surface area contributed by atoms with Gasteiger partial charge >= 0.3 is 5.97 Å². The lowest BCUT2D eigenvalue weighted by atomic mass is 9.36. The van der Waals surface area contributed by atoms with Gasteiger partial charge in [0.1, 0.15) is 6.07 Å². The maximum absolute atomic E-state index is 13.2. The second-order valence-electron chi connectivity index (χ2n) is 14.4. The van der Waals surface area contributed by atoms with Gasteiger partial charge in [-0.3, -0.25) is 9.59 Å². The lowest BCUT2D eigenvalue weighted by Crippen LogP contribution is -2.61. The number of rotatable bonds is 1. The van der Waals surface area contributed by atoms with Crippen LogP contribution in [0.25, 0.3) is 0 Å². The number of fused-ring (bicyclic) bond motifs is 6. The number of methoxy groups -OCH3 is 1. The molecule has 0 unspecified atom stereocenters. The zero-order chi connectivity index (χ0) is 26.5. The van der Waals surface area contributed by atoms with Crippen molar-refractivity contribution in [2.24, 2.45) is 44.3 Å². The number of hydrogen-bond donors (Lipinski definition) is 0. The Labute approximate surface area is 217 Å². The zero-order valence-corrected chi connectivity index (χ0v) is 23.5. The number of carbonyl (C=O) groups is 2. The third-order valence-electron chi connectivity index (χ3n) is 12.4. The van der Waals surface area contributed by atoms with Crippen molar-refractivity contribution in [1.82, 2.24) is 0 Å². The van der Waals surface area contributed by atoms with Gasteiger partial charge in [-0.1, -0.05) is 65.3 Å². The molecular weight excluding hydrogens is 446 g/mol. The molecule has 4 nitrogen and oxygen atoms in total. The van der Waals surface area contributed by atoms with Crippen LogP contribution < -0.4 is 0 Å². The quantitative estimate of drug-likeness (QED) is 0.368. The van der Waals surface area contributed by atoms with Crippen LogP contribution in [0.4, 0.5) is 0 Å². The molecule has 5 rings (SSSR count). The van der Waals surface area contributed by atoms with Crippen LogP contribution in [0.15, 0.2) is 34.9 Å². The number of esters is 1. The van der Waals surface area contributed by atoms with E-state index in [9.17, 15) is 14.9 Å². The van der Waals surface area contributed by atoms with Gasteiger partial charge in [0.2, 0.25) is 0 Å². The average molecular weight is 490 g/mol. The van der Waals surface area contributed by atoms with E-state index in [0.29, 0.717) is 5.57 Å². The third kappa shape index (κ3) is 2.92. The molecule has 36 heavy (non-hydrogen) atoms. The van der Waals surface area contributed by atoms with Gasteiger partial charge in [-0.05, 0) is 90.9 Å². The summed E-state index contributed by atoms with van der Waals surface area (Å²) in [5.74, 6) is 0.364. The van der Waals surface area contributed by atoms with E-state index < -0.39 is 10.8 Å². The Morgan fingerprint density at radius 3 is 2.33 bits per heavy atom. The first-order valence-corrected chi connectivity index (χ1v) is 13.8. The predicted molar refractivity (Wildman–Crippen MR) is 140 cm³/mol. The fourth-order valence-corrected chi connectivity index (χ4v) is 9.72. The van der Waals surface area contributed by atoms with Crippen LogP contribution in [0.3, 0.4) is 0 Å². The van der Waals surface area contributed by atoms with Crippen LogP contribution in [-0.4, -0.2) is 18.9 Å². The van der Waals surface area contributed by atoms with Gasteiger partial charge < -0.3 is 4.74 Å². The fraction of sp³-hybridized carbons (Fsp3) is 0.719. The first-order chi connectivity index (χ1) is 16.6. The molecule has 0 bridgehead atoms. The highest BCUT2D eigenvalue weighted by molar-refractivity contribution is 6.04. The molecule has 2 fully saturated rings. The summed E-state index contributed by atoms with van der Waals surface area (Å²) in [7, 11) is 1.51. The van der Waals surface area contributed by atoms with Crippen molar-refractivity contribution in [3.8, 4) is 6.07 Å². The number of nitrogens with zero attached hydrogens (tertiary/aromatic N) is 1. The highest BCUT2D eigenvalue weighted by Gasteiger charge is 2.66. The van der Waals surface area contributed by atoms with Gasteiger partial charge in [0.15, 0.2) is 5.78 Å². The van der Waals surface area contributed by atoms with E-state index in [0.717, 1.165) is 44.9 Å². The monoisotopic (exact) mass is 489 g/mol. The normalized spacial score (nSPS) is 47.0. The zero-order valence-electron chi connectivity index (χ0n) is 23.5. The van der Waals surface area contributed by atoms with E-state index in [1.54, 1.807) is 0 Å². The molecule has 194 valence electrons. The summed E-state index contributed by atoms with van der Waals surface area (Å²) in [5, 5.41) is 9.87. The molecule has 0 heterocycles. The summed E-state index contributed by atoms with van der Waals surface area (Å²) >= 11 is 0. The molecule has 0 aromatic heterocycles. The predicted octanol–water partition coefficient (Wildman–Crippen LogP) is 7.12. The van der Waals surface area contributed by atoms with E-state index in [2.05, 4.69) is 66.7 Å².